The van der Waals surface area contributed by atoms with E-state index in [0.29, 0.717) is 17.1 Å². The number of thiocarbonyl (C=S) groups is 1. The van der Waals surface area contributed by atoms with Crippen molar-refractivity contribution in [1.82, 2.24) is 4.90 Å². The van der Waals surface area contributed by atoms with Crippen LogP contribution in [0, 0.1) is 11.6 Å². The first kappa shape index (κ1) is 25.3. The summed E-state index contributed by atoms with van der Waals surface area (Å²) in [6, 6.07) is 16.8. The molecule has 184 valence electrons. The Bertz CT molecular complexity index is 1330. The van der Waals surface area contributed by atoms with E-state index in [1.807, 2.05) is 0 Å². The first-order chi connectivity index (χ1) is 17.3. The normalized spacial score (nSPS) is 14.4. The van der Waals surface area contributed by atoms with Gasteiger partial charge in [-0.3, -0.25) is 14.5 Å². The molecule has 0 atom stereocenters. The molecular weight excluding hydrogens is 508 g/mol. The smallest absolute Gasteiger partial charge is 0.323 e. The molecule has 4 rings (SSSR count). The van der Waals surface area contributed by atoms with Gasteiger partial charge < -0.3 is 14.6 Å². The predicted octanol–water partition coefficient (Wildman–Crippen LogP) is 5.41. The third-order valence-corrected chi connectivity index (χ3v) is 6.43. The molecule has 36 heavy (non-hydrogen) atoms. The number of rotatable bonds is 9. The number of carbonyl (C=O) groups is 2. The molecule has 1 saturated heterocycles. The highest BCUT2D eigenvalue weighted by molar-refractivity contribution is 8.26. The Morgan fingerprint density at radius 2 is 1.47 bits per heavy atom. The summed E-state index contributed by atoms with van der Waals surface area (Å²) >= 11 is 6.15. The molecule has 3 aromatic carbocycles. The largest absolute Gasteiger partial charge is 0.485 e. The number of nitrogens with zero attached hydrogens (tertiary/aromatic N) is 1. The van der Waals surface area contributed by atoms with Gasteiger partial charge >= 0.3 is 5.97 Å². The number of hydrogen-bond acceptors (Lipinski definition) is 6. The van der Waals surface area contributed by atoms with E-state index in [1.54, 1.807) is 48.5 Å². The number of ether oxygens (including phenoxy) is 2. The van der Waals surface area contributed by atoms with Crippen LogP contribution >= 0.6 is 24.0 Å². The molecule has 0 radical (unpaired) electrons. The van der Waals surface area contributed by atoms with Gasteiger partial charge in [-0.25, -0.2) is 8.78 Å². The van der Waals surface area contributed by atoms with Crippen LogP contribution < -0.4 is 9.47 Å². The number of benzene rings is 3. The van der Waals surface area contributed by atoms with E-state index in [4.69, 9.17) is 26.8 Å². The molecule has 1 aliphatic heterocycles. The van der Waals surface area contributed by atoms with E-state index in [1.165, 1.54) is 24.3 Å². The van der Waals surface area contributed by atoms with Crippen LogP contribution in [-0.2, 0) is 22.8 Å². The van der Waals surface area contributed by atoms with Crippen LogP contribution in [-0.4, -0.2) is 32.7 Å². The lowest BCUT2D eigenvalue weighted by Crippen LogP contribution is -2.33. The van der Waals surface area contributed by atoms with Gasteiger partial charge in [0.25, 0.3) is 5.91 Å². The average Bonchev–Trinajstić information content (AvgIpc) is 3.11. The van der Waals surface area contributed by atoms with Gasteiger partial charge in [0, 0.05) is 0 Å². The molecule has 1 fully saturated rings. The topological polar surface area (TPSA) is 76.1 Å². The van der Waals surface area contributed by atoms with Crippen molar-refractivity contribution in [2.24, 2.45) is 0 Å². The molecule has 6 nitrogen and oxygen atoms in total. The van der Waals surface area contributed by atoms with Crippen LogP contribution in [0.25, 0.3) is 6.08 Å². The Morgan fingerprint density at radius 1 is 0.917 bits per heavy atom. The van der Waals surface area contributed by atoms with Gasteiger partial charge in [-0.1, -0.05) is 54.3 Å². The van der Waals surface area contributed by atoms with Crippen molar-refractivity contribution in [2.75, 3.05) is 6.54 Å². The number of carboxylic acid groups (broad SMARTS) is 1. The van der Waals surface area contributed by atoms with Crippen molar-refractivity contribution in [1.29, 1.82) is 0 Å². The number of halogens is 2. The summed E-state index contributed by atoms with van der Waals surface area (Å²) in [7, 11) is 0. The van der Waals surface area contributed by atoms with Gasteiger partial charge in [-0.15, -0.1) is 0 Å². The Hall–Kier alpha value is -3.76. The van der Waals surface area contributed by atoms with Crippen molar-refractivity contribution in [3.8, 4) is 11.5 Å². The Kier molecular flexibility index (Phi) is 7.97. The van der Waals surface area contributed by atoms with Crippen molar-refractivity contribution in [3.05, 3.63) is 100.0 Å². The molecule has 0 spiro atoms. The first-order valence-corrected chi connectivity index (χ1v) is 11.9. The molecular formula is C26H19F2NO5S2. The maximum atomic E-state index is 13.2. The highest BCUT2D eigenvalue weighted by Crippen LogP contribution is 2.35. The Balaban J connectivity index is 1.57. The van der Waals surface area contributed by atoms with Crippen LogP contribution in [0.1, 0.15) is 16.7 Å². The number of carboxylic acids is 1. The predicted molar refractivity (Wildman–Crippen MR) is 135 cm³/mol. The molecule has 0 bridgehead atoms. The molecule has 1 aliphatic rings. The zero-order valence-corrected chi connectivity index (χ0v) is 20.3. The lowest BCUT2D eigenvalue weighted by molar-refractivity contribution is -0.140. The molecule has 0 unspecified atom stereocenters. The van der Waals surface area contributed by atoms with Crippen LogP contribution in [0.15, 0.2) is 71.6 Å². The molecule has 1 heterocycles. The second-order valence-electron chi connectivity index (χ2n) is 7.70. The van der Waals surface area contributed by atoms with E-state index < -0.39 is 18.4 Å². The summed E-state index contributed by atoms with van der Waals surface area (Å²) < 4.78 is 38.5. The van der Waals surface area contributed by atoms with E-state index in [2.05, 4.69) is 0 Å². The van der Waals surface area contributed by atoms with Gasteiger partial charge in [-0.2, -0.15) is 0 Å². The number of amides is 1. The van der Waals surface area contributed by atoms with Crippen LogP contribution in [0.2, 0.25) is 0 Å². The van der Waals surface area contributed by atoms with Crippen LogP contribution in [0.5, 0.6) is 11.5 Å². The fourth-order valence-corrected chi connectivity index (χ4v) is 4.51. The second-order valence-corrected chi connectivity index (χ2v) is 9.37. The summed E-state index contributed by atoms with van der Waals surface area (Å²) in [5.74, 6) is -1.57. The minimum absolute atomic E-state index is 0.136. The molecule has 3 aromatic rings. The van der Waals surface area contributed by atoms with Gasteiger partial charge in [0.1, 0.15) is 35.7 Å². The minimum Gasteiger partial charge on any atom is -0.485 e. The number of carbonyl (C=O) groups excluding carboxylic acids is 1. The quantitative estimate of drug-likeness (QED) is 0.295. The monoisotopic (exact) mass is 527 g/mol. The van der Waals surface area contributed by atoms with Gasteiger partial charge in [0.2, 0.25) is 0 Å². The maximum Gasteiger partial charge on any atom is 0.323 e. The van der Waals surface area contributed by atoms with Crippen molar-refractivity contribution in [3.63, 3.8) is 0 Å². The maximum absolute atomic E-state index is 13.2. The third kappa shape index (κ3) is 6.46. The van der Waals surface area contributed by atoms with E-state index >= 15 is 0 Å². The Labute approximate surface area is 215 Å². The Morgan fingerprint density at radius 3 is 2.03 bits per heavy atom. The molecule has 0 aliphatic carbocycles. The summed E-state index contributed by atoms with van der Waals surface area (Å²) in [5, 5.41) is 9.01. The lowest BCUT2D eigenvalue weighted by Gasteiger charge is -2.14. The van der Waals surface area contributed by atoms with E-state index in [0.717, 1.165) is 27.8 Å². The van der Waals surface area contributed by atoms with Crippen molar-refractivity contribution >= 4 is 46.3 Å². The summed E-state index contributed by atoms with van der Waals surface area (Å²) in [5.41, 5.74) is 2.10. The number of aliphatic carboxylic acids is 1. The average molecular weight is 528 g/mol. The standard InChI is InChI=1S/C26H19F2NO5S2/c27-19-6-1-16(2-7-19)14-33-21-10-5-18(11-22(21)34-15-17-3-8-20(28)9-4-17)12-23-25(32)29(13-24(30)31)26(35)36-23/h1-12H,13-15H2,(H,30,31). The zero-order valence-electron chi connectivity index (χ0n) is 18.6. The fourth-order valence-electron chi connectivity index (χ4n) is 3.25. The lowest BCUT2D eigenvalue weighted by atomic mass is 10.1. The number of hydrogen-bond donors (Lipinski definition) is 1. The summed E-state index contributed by atoms with van der Waals surface area (Å²) in [6.45, 7) is -0.206. The summed E-state index contributed by atoms with van der Waals surface area (Å²) in [4.78, 5) is 24.9. The molecule has 0 aromatic heterocycles. The number of thioether (sulfide) groups is 1. The first-order valence-electron chi connectivity index (χ1n) is 10.6. The molecule has 10 heteroatoms. The van der Waals surface area contributed by atoms with Crippen molar-refractivity contribution < 1.29 is 33.0 Å². The van der Waals surface area contributed by atoms with Gasteiger partial charge in [0.15, 0.2) is 11.5 Å². The second kappa shape index (κ2) is 11.3. The molecule has 1 N–H and O–H groups in total. The zero-order chi connectivity index (χ0) is 25.7. The molecule has 1 amide bonds. The molecule has 0 saturated carbocycles. The SMILES string of the molecule is O=C(O)CN1C(=O)C(=Cc2ccc(OCc3ccc(F)cc3)c(OCc3ccc(F)cc3)c2)SC1=S. The van der Waals surface area contributed by atoms with Crippen LogP contribution in [0.4, 0.5) is 8.78 Å². The highest BCUT2D eigenvalue weighted by Gasteiger charge is 2.33. The van der Waals surface area contributed by atoms with E-state index in [9.17, 15) is 18.4 Å². The minimum atomic E-state index is -1.16. The van der Waals surface area contributed by atoms with Gasteiger partial charge in [-0.05, 0) is 59.2 Å². The highest BCUT2D eigenvalue weighted by atomic mass is 32.2. The van der Waals surface area contributed by atoms with Crippen molar-refractivity contribution in [2.45, 2.75) is 13.2 Å². The fraction of sp³-hybridized carbons (Fsp3) is 0.115. The summed E-state index contributed by atoms with van der Waals surface area (Å²) in [6.07, 6.45) is 1.59. The van der Waals surface area contributed by atoms with Gasteiger partial charge in [0.05, 0.1) is 4.91 Å². The third-order valence-electron chi connectivity index (χ3n) is 5.05. The van der Waals surface area contributed by atoms with Crippen LogP contribution in [0.3, 0.4) is 0 Å². The van der Waals surface area contributed by atoms with E-state index in [-0.39, 0.29) is 34.1 Å².